The normalized spacial score (nSPS) is 12.2. The molecule has 0 atom stereocenters. The van der Waals surface area contributed by atoms with Gasteiger partial charge < -0.3 is 0 Å². The van der Waals surface area contributed by atoms with E-state index in [0.717, 1.165) is 50.3 Å². The topological polar surface area (TPSA) is 43.6 Å². The van der Waals surface area contributed by atoms with Crippen molar-refractivity contribution in [2.75, 3.05) is 0 Å². The summed E-state index contributed by atoms with van der Waals surface area (Å²) in [6, 6.07) is 5.69. The maximum atomic E-state index is 13.0. The largest absolute Gasteiger partial charge is 0.266 e. The van der Waals surface area contributed by atoms with Crippen LogP contribution in [0.25, 0.3) is 10.9 Å². The van der Waals surface area contributed by atoms with Gasteiger partial charge in [-0.2, -0.15) is 5.10 Å². The van der Waals surface area contributed by atoms with Gasteiger partial charge in [0.25, 0.3) is 0 Å². The average molecular weight is 346 g/mol. The maximum Gasteiger partial charge on any atom is 0.245 e. The Morgan fingerprint density at radius 2 is 2.04 bits per heavy atom. The van der Waals surface area contributed by atoms with Crippen molar-refractivity contribution in [3.05, 3.63) is 47.5 Å². The van der Waals surface area contributed by atoms with Crippen molar-refractivity contribution in [1.29, 1.82) is 0 Å². The van der Waals surface area contributed by atoms with Crippen LogP contribution in [0.1, 0.15) is 30.3 Å². The number of hydrogen-bond acceptors (Lipinski definition) is 3. The molecule has 0 N–H and O–H groups in total. The molecule has 7 heteroatoms. The molecule has 0 bridgehead atoms. The molecule has 3 rings (SSSR count). The lowest BCUT2D eigenvalue weighted by Gasteiger charge is -2.12. The van der Waals surface area contributed by atoms with Crippen LogP contribution in [0.3, 0.4) is 0 Å². The van der Waals surface area contributed by atoms with Crippen LogP contribution in [0.4, 0.5) is 8.78 Å². The zero-order chi connectivity index (χ0) is 17.3. The van der Waals surface area contributed by atoms with Crippen molar-refractivity contribution >= 4 is 26.5 Å². The van der Waals surface area contributed by atoms with Gasteiger partial charge in [0.1, 0.15) is 0 Å². The predicted octanol–water partition coefficient (Wildman–Crippen LogP) is 1.76. The van der Waals surface area contributed by atoms with Crippen LogP contribution in [0.15, 0.2) is 30.6 Å². The fraction of sp³-hybridized carbons (Fsp3) is 0.353. The first-order valence-electron chi connectivity index (χ1n) is 7.94. The van der Waals surface area contributed by atoms with Gasteiger partial charge >= 0.3 is 0 Å². The summed E-state index contributed by atoms with van der Waals surface area (Å²) in [5.74, 6) is -2.64. The van der Waals surface area contributed by atoms with Gasteiger partial charge in [0.05, 0.1) is 28.0 Å². The predicted molar refractivity (Wildman–Crippen MR) is 94.1 cm³/mol. The number of nitrogens with zero attached hydrogens (tertiary/aromatic N) is 4. The molecule has 0 spiro atoms. The summed E-state index contributed by atoms with van der Waals surface area (Å²) in [7, 11) is 0.875. The van der Waals surface area contributed by atoms with Crippen molar-refractivity contribution in [3.8, 4) is 0 Å². The second-order valence-corrected chi connectivity index (χ2v) is 7.22. The molecule has 4 nitrogen and oxygen atoms in total. The van der Waals surface area contributed by atoms with E-state index in [1.807, 2.05) is 36.0 Å². The minimum Gasteiger partial charge on any atom is -0.266 e. The SMILES string of the molecule is Cc1nc(Cn2cc3c([SiH3])nccc3n2)ccc1CCC(C)(F)F. The van der Waals surface area contributed by atoms with Crippen molar-refractivity contribution in [3.63, 3.8) is 0 Å². The number of rotatable bonds is 5. The second-order valence-electron chi connectivity index (χ2n) is 6.27. The van der Waals surface area contributed by atoms with E-state index in [0.29, 0.717) is 13.0 Å². The number of aromatic nitrogens is 4. The molecule has 3 aromatic rings. The summed E-state index contributed by atoms with van der Waals surface area (Å²) in [6.45, 7) is 3.37. The molecule has 3 heterocycles. The maximum absolute atomic E-state index is 13.0. The van der Waals surface area contributed by atoms with Gasteiger partial charge in [-0.05, 0) is 38.0 Å². The van der Waals surface area contributed by atoms with Gasteiger partial charge in [-0.1, -0.05) is 6.07 Å². The molecule has 0 fully saturated rings. The summed E-state index contributed by atoms with van der Waals surface area (Å²) in [6.07, 6.45) is 3.95. The molecule has 0 radical (unpaired) electrons. The number of aryl methyl sites for hydroxylation is 2. The van der Waals surface area contributed by atoms with Crippen LogP contribution in [0.5, 0.6) is 0 Å². The van der Waals surface area contributed by atoms with Gasteiger partial charge in [0, 0.05) is 35.2 Å². The van der Waals surface area contributed by atoms with Gasteiger partial charge in [0.15, 0.2) is 0 Å². The Kier molecular flexibility index (Phi) is 4.45. The number of pyridine rings is 2. The Morgan fingerprint density at radius 3 is 2.71 bits per heavy atom. The average Bonchev–Trinajstić information content (AvgIpc) is 2.89. The van der Waals surface area contributed by atoms with Gasteiger partial charge in [0.2, 0.25) is 5.92 Å². The molecule has 126 valence electrons. The van der Waals surface area contributed by atoms with E-state index in [9.17, 15) is 8.78 Å². The second kappa shape index (κ2) is 6.39. The molecule has 0 aromatic carbocycles. The smallest absolute Gasteiger partial charge is 0.245 e. The van der Waals surface area contributed by atoms with Crippen LogP contribution in [-0.2, 0) is 13.0 Å². The summed E-state index contributed by atoms with van der Waals surface area (Å²) < 4.78 is 27.9. The highest BCUT2D eigenvalue weighted by Gasteiger charge is 2.21. The van der Waals surface area contributed by atoms with Crippen molar-refractivity contribution in [2.24, 2.45) is 0 Å². The van der Waals surface area contributed by atoms with E-state index in [-0.39, 0.29) is 6.42 Å². The Balaban J connectivity index is 1.77. The van der Waals surface area contributed by atoms with Crippen LogP contribution in [-0.4, -0.2) is 35.9 Å². The summed E-state index contributed by atoms with van der Waals surface area (Å²) in [5.41, 5.74) is 3.49. The molecular weight excluding hydrogens is 326 g/mol. The van der Waals surface area contributed by atoms with Crippen LogP contribution in [0, 0.1) is 6.92 Å². The Morgan fingerprint density at radius 1 is 1.25 bits per heavy atom. The molecule has 0 saturated carbocycles. The van der Waals surface area contributed by atoms with E-state index in [2.05, 4.69) is 15.1 Å². The first-order valence-corrected chi connectivity index (χ1v) is 8.94. The van der Waals surface area contributed by atoms with Crippen LogP contribution >= 0.6 is 0 Å². The van der Waals surface area contributed by atoms with Crippen molar-refractivity contribution in [2.45, 2.75) is 39.2 Å². The highest BCUT2D eigenvalue weighted by atomic mass is 28.1. The Hall–Kier alpha value is -2.15. The number of alkyl halides is 2. The quantitative estimate of drug-likeness (QED) is 0.661. The number of fused-ring (bicyclic) bond motifs is 1. The summed E-state index contributed by atoms with van der Waals surface area (Å²) in [5, 5.41) is 6.72. The lowest BCUT2D eigenvalue weighted by atomic mass is 10.1. The highest BCUT2D eigenvalue weighted by Crippen LogP contribution is 2.21. The van der Waals surface area contributed by atoms with Crippen molar-refractivity contribution < 1.29 is 8.78 Å². The zero-order valence-electron chi connectivity index (χ0n) is 14.1. The first-order chi connectivity index (χ1) is 11.3. The summed E-state index contributed by atoms with van der Waals surface area (Å²) in [4.78, 5) is 8.87. The number of hydrogen-bond donors (Lipinski definition) is 0. The third-order valence-corrected chi connectivity index (χ3v) is 4.89. The van der Waals surface area contributed by atoms with Crippen molar-refractivity contribution in [1.82, 2.24) is 19.7 Å². The Labute approximate surface area is 142 Å². The fourth-order valence-electron chi connectivity index (χ4n) is 2.72. The molecule has 0 unspecified atom stereocenters. The molecule has 0 saturated heterocycles. The minimum absolute atomic E-state index is 0.157. The molecule has 0 aliphatic carbocycles. The number of halogens is 2. The molecule has 0 aliphatic heterocycles. The molecule has 24 heavy (non-hydrogen) atoms. The van der Waals surface area contributed by atoms with Crippen LogP contribution in [0.2, 0.25) is 0 Å². The highest BCUT2D eigenvalue weighted by molar-refractivity contribution is 6.36. The van der Waals surface area contributed by atoms with E-state index in [4.69, 9.17) is 0 Å². The lowest BCUT2D eigenvalue weighted by molar-refractivity contribution is 0.0132. The molecule has 0 amide bonds. The fourth-order valence-corrected chi connectivity index (χ4v) is 3.26. The zero-order valence-corrected chi connectivity index (χ0v) is 16.1. The van der Waals surface area contributed by atoms with E-state index in [1.165, 1.54) is 0 Å². The summed E-state index contributed by atoms with van der Waals surface area (Å²) >= 11 is 0. The van der Waals surface area contributed by atoms with E-state index in [1.54, 1.807) is 6.20 Å². The first kappa shape index (κ1) is 16.7. The molecular formula is C17H20F2N4Si. The van der Waals surface area contributed by atoms with E-state index >= 15 is 0 Å². The van der Waals surface area contributed by atoms with Gasteiger partial charge in [-0.15, -0.1) is 0 Å². The molecule has 0 aliphatic rings. The third-order valence-electron chi connectivity index (χ3n) is 4.09. The minimum atomic E-state index is -2.64. The third kappa shape index (κ3) is 3.84. The molecule has 3 aromatic heterocycles. The van der Waals surface area contributed by atoms with Crippen LogP contribution < -0.4 is 5.32 Å². The Bertz CT molecular complexity index is 871. The van der Waals surface area contributed by atoms with E-state index < -0.39 is 5.92 Å². The standard InChI is InChI=1S/C17H20F2N4Si/c1-11-12(5-7-17(2,18)19)3-4-13(21-11)9-23-10-14-15(22-23)6-8-20-16(14)24/h3-4,6,8,10H,5,7,9H2,1-2,24H3. The van der Waals surface area contributed by atoms with Gasteiger partial charge in [-0.3, -0.25) is 14.6 Å². The monoisotopic (exact) mass is 346 g/mol. The van der Waals surface area contributed by atoms with Gasteiger partial charge in [-0.25, -0.2) is 8.78 Å². The lowest BCUT2D eigenvalue weighted by Crippen LogP contribution is -2.12.